The molecule has 0 bridgehead atoms. The fourth-order valence-electron chi connectivity index (χ4n) is 1.60. The van der Waals surface area contributed by atoms with Gasteiger partial charge in [0.15, 0.2) is 0 Å². The first kappa shape index (κ1) is 11.8. The van der Waals surface area contributed by atoms with E-state index in [1.54, 1.807) is 11.3 Å². The molecular formula is C12H13BrN2S. The standard InChI is InChI=1S/C12H13BrN2S/c13-11-3-6-16-12(11)8-10(14)7-9-1-4-15-5-2-9/h1-6,10H,7-8,14H2. The minimum Gasteiger partial charge on any atom is -0.327 e. The van der Waals surface area contributed by atoms with E-state index in [-0.39, 0.29) is 6.04 Å². The highest BCUT2D eigenvalue weighted by atomic mass is 79.9. The van der Waals surface area contributed by atoms with Crippen LogP contribution in [0.2, 0.25) is 0 Å². The topological polar surface area (TPSA) is 38.9 Å². The lowest BCUT2D eigenvalue weighted by atomic mass is 10.0. The molecule has 2 N–H and O–H groups in total. The minimum absolute atomic E-state index is 0.164. The number of rotatable bonds is 4. The van der Waals surface area contributed by atoms with Crippen LogP contribution < -0.4 is 5.73 Å². The molecule has 0 aromatic carbocycles. The Labute approximate surface area is 108 Å². The molecule has 2 rings (SSSR count). The Morgan fingerprint density at radius 1 is 1.25 bits per heavy atom. The maximum atomic E-state index is 6.13. The number of nitrogens with zero attached hydrogens (tertiary/aromatic N) is 1. The van der Waals surface area contributed by atoms with Gasteiger partial charge in [-0.25, -0.2) is 0 Å². The maximum absolute atomic E-state index is 6.13. The van der Waals surface area contributed by atoms with Crippen molar-refractivity contribution in [2.75, 3.05) is 0 Å². The molecule has 0 fully saturated rings. The van der Waals surface area contributed by atoms with Crippen molar-refractivity contribution in [1.29, 1.82) is 0 Å². The monoisotopic (exact) mass is 296 g/mol. The Kier molecular flexibility index (Phi) is 4.09. The SMILES string of the molecule is NC(Cc1ccncc1)Cc1sccc1Br. The molecular weight excluding hydrogens is 284 g/mol. The fraction of sp³-hybridized carbons (Fsp3) is 0.250. The zero-order valence-electron chi connectivity index (χ0n) is 8.77. The lowest BCUT2D eigenvalue weighted by Crippen LogP contribution is -2.25. The molecule has 16 heavy (non-hydrogen) atoms. The van der Waals surface area contributed by atoms with E-state index >= 15 is 0 Å². The number of thiophene rings is 1. The summed E-state index contributed by atoms with van der Waals surface area (Å²) in [4.78, 5) is 5.32. The van der Waals surface area contributed by atoms with Crippen LogP contribution in [0.5, 0.6) is 0 Å². The smallest absolute Gasteiger partial charge is 0.0314 e. The van der Waals surface area contributed by atoms with E-state index in [2.05, 4.69) is 32.4 Å². The lowest BCUT2D eigenvalue weighted by Gasteiger charge is -2.10. The molecule has 4 heteroatoms. The summed E-state index contributed by atoms with van der Waals surface area (Å²) < 4.78 is 1.17. The van der Waals surface area contributed by atoms with Gasteiger partial charge in [0.2, 0.25) is 0 Å². The Balaban J connectivity index is 1.95. The molecule has 0 spiro atoms. The third-order valence-electron chi connectivity index (χ3n) is 2.39. The predicted molar refractivity (Wildman–Crippen MR) is 71.6 cm³/mol. The van der Waals surface area contributed by atoms with Gasteiger partial charge in [0.05, 0.1) is 0 Å². The van der Waals surface area contributed by atoms with Crippen molar-refractivity contribution in [2.24, 2.45) is 5.73 Å². The molecule has 0 radical (unpaired) electrons. The van der Waals surface area contributed by atoms with Crippen molar-refractivity contribution < 1.29 is 0 Å². The molecule has 0 aliphatic carbocycles. The normalized spacial score (nSPS) is 12.6. The van der Waals surface area contributed by atoms with Gasteiger partial charge in [-0.15, -0.1) is 11.3 Å². The van der Waals surface area contributed by atoms with Crippen LogP contribution in [0.15, 0.2) is 40.4 Å². The summed E-state index contributed by atoms with van der Waals surface area (Å²) in [5.41, 5.74) is 7.38. The lowest BCUT2D eigenvalue weighted by molar-refractivity contribution is 0.669. The van der Waals surface area contributed by atoms with Crippen LogP contribution in [-0.2, 0) is 12.8 Å². The molecule has 0 saturated carbocycles. The van der Waals surface area contributed by atoms with Crippen molar-refractivity contribution in [3.8, 4) is 0 Å². The van der Waals surface area contributed by atoms with Crippen LogP contribution in [0.25, 0.3) is 0 Å². The second kappa shape index (κ2) is 5.57. The van der Waals surface area contributed by atoms with Gasteiger partial charge < -0.3 is 5.73 Å². The van der Waals surface area contributed by atoms with Gasteiger partial charge in [-0.3, -0.25) is 4.98 Å². The molecule has 0 amide bonds. The van der Waals surface area contributed by atoms with Crippen molar-refractivity contribution in [2.45, 2.75) is 18.9 Å². The van der Waals surface area contributed by atoms with E-state index in [1.165, 1.54) is 14.9 Å². The number of nitrogens with two attached hydrogens (primary N) is 1. The second-order valence-corrected chi connectivity index (χ2v) is 5.57. The fourth-order valence-corrected chi connectivity index (χ4v) is 3.21. The largest absolute Gasteiger partial charge is 0.327 e. The highest BCUT2D eigenvalue weighted by Crippen LogP contribution is 2.24. The van der Waals surface area contributed by atoms with E-state index in [4.69, 9.17) is 5.73 Å². The Morgan fingerprint density at radius 2 is 2.00 bits per heavy atom. The van der Waals surface area contributed by atoms with E-state index in [0.717, 1.165) is 12.8 Å². The molecule has 0 aliphatic heterocycles. The zero-order chi connectivity index (χ0) is 11.4. The van der Waals surface area contributed by atoms with E-state index in [0.29, 0.717) is 0 Å². The molecule has 0 saturated heterocycles. The van der Waals surface area contributed by atoms with Gasteiger partial charge in [0.25, 0.3) is 0 Å². The number of hydrogen-bond acceptors (Lipinski definition) is 3. The van der Waals surface area contributed by atoms with Crippen LogP contribution in [0, 0.1) is 0 Å². The molecule has 2 nitrogen and oxygen atoms in total. The first-order chi connectivity index (χ1) is 7.75. The summed E-state index contributed by atoms with van der Waals surface area (Å²) in [6, 6.07) is 6.27. The van der Waals surface area contributed by atoms with Crippen LogP contribution >= 0.6 is 27.3 Å². The quantitative estimate of drug-likeness (QED) is 0.942. The van der Waals surface area contributed by atoms with Crippen LogP contribution in [0.3, 0.4) is 0 Å². The average molecular weight is 297 g/mol. The highest BCUT2D eigenvalue weighted by molar-refractivity contribution is 9.10. The second-order valence-electron chi connectivity index (χ2n) is 3.72. The van der Waals surface area contributed by atoms with Crippen molar-refractivity contribution in [3.05, 3.63) is 50.9 Å². The van der Waals surface area contributed by atoms with Gasteiger partial charge in [-0.05, 0) is 57.9 Å². The third-order valence-corrected chi connectivity index (χ3v) is 4.33. The van der Waals surface area contributed by atoms with Gasteiger partial charge in [-0.2, -0.15) is 0 Å². The van der Waals surface area contributed by atoms with Gasteiger partial charge in [0, 0.05) is 27.8 Å². The molecule has 2 aromatic rings. The van der Waals surface area contributed by atoms with Crippen molar-refractivity contribution in [3.63, 3.8) is 0 Å². The number of aromatic nitrogens is 1. The number of pyridine rings is 1. The summed E-state index contributed by atoms with van der Waals surface area (Å²) >= 11 is 5.27. The van der Waals surface area contributed by atoms with Crippen LogP contribution in [0.4, 0.5) is 0 Å². The van der Waals surface area contributed by atoms with Gasteiger partial charge in [-0.1, -0.05) is 0 Å². The van der Waals surface area contributed by atoms with Gasteiger partial charge >= 0.3 is 0 Å². The van der Waals surface area contributed by atoms with Crippen LogP contribution in [0.1, 0.15) is 10.4 Å². The Bertz CT molecular complexity index is 441. The summed E-state index contributed by atoms with van der Waals surface area (Å²) in [7, 11) is 0. The third kappa shape index (κ3) is 3.14. The molecule has 2 aromatic heterocycles. The predicted octanol–water partition coefficient (Wildman–Crippen LogP) is 3.02. The first-order valence-electron chi connectivity index (χ1n) is 5.12. The molecule has 1 atom stereocenters. The van der Waals surface area contributed by atoms with E-state index < -0.39 is 0 Å². The Hall–Kier alpha value is -0.710. The van der Waals surface area contributed by atoms with Crippen LogP contribution in [-0.4, -0.2) is 11.0 Å². The van der Waals surface area contributed by atoms with E-state index in [9.17, 15) is 0 Å². The first-order valence-corrected chi connectivity index (χ1v) is 6.79. The summed E-state index contributed by atoms with van der Waals surface area (Å²) in [6.45, 7) is 0. The van der Waals surface area contributed by atoms with Crippen molar-refractivity contribution in [1.82, 2.24) is 4.98 Å². The van der Waals surface area contributed by atoms with Crippen molar-refractivity contribution >= 4 is 27.3 Å². The maximum Gasteiger partial charge on any atom is 0.0314 e. The average Bonchev–Trinajstić information content (AvgIpc) is 2.66. The molecule has 2 heterocycles. The molecule has 1 unspecified atom stereocenters. The summed E-state index contributed by atoms with van der Waals surface area (Å²) in [5.74, 6) is 0. The highest BCUT2D eigenvalue weighted by Gasteiger charge is 2.08. The minimum atomic E-state index is 0.164. The molecule has 84 valence electrons. The van der Waals surface area contributed by atoms with E-state index in [1.807, 2.05) is 24.5 Å². The number of hydrogen-bond donors (Lipinski definition) is 1. The zero-order valence-corrected chi connectivity index (χ0v) is 11.2. The molecule has 0 aliphatic rings. The van der Waals surface area contributed by atoms with Gasteiger partial charge in [0.1, 0.15) is 0 Å². The summed E-state index contributed by atoms with van der Waals surface area (Å²) in [6.07, 6.45) is 5.43. The Morgan fingerprint density at radius 3 is 2.62 bits per heavy atom. The number of halogens is 1. The summed E-state index contributed by atoms with van der Waals surface area (Å²) in [5, 5.41) is 2.08.